The molecular formula is C13H12F2N4O2S. The predicted octanol–water partition coefficient (Wildman–Crippen LogP) is 2.13. The van der Waals surface area contributed by atoms with Crippen molar-refractivity contribution in [3.05, 3.63) is 41.7 Å². The van der Waals surface area contributed by atoms with Gasteiger partial charge < -0.3 is 0 Å². The van der Waals surface area contributed by atoms with Crippen LogP contribution in [0, 0.1) is 18.3 Å². The molecule has 0 radical (unpaired) electrons. The zero-order valence-corrected chi connectivity index (χ0v) is 12.3. The Morgan fingerprint density at radius 2 is 2.18 bits per heavy atom. The quantitative estimate of drug-likeness (QED) is 0.911. The SMILES string of the molecule is Cc1cccc(NS(=O)(=O)c2cnn(CC(F)F)c2)c1C#N. The third-order valence-corrected chi connectivity index (χ3v) is 4.19. The van der Waals surface area contributed by atoms with Gasteiger partial charge in [0.25, 0.3) is 16.4 Å². The van der Waals surface area contributed by atoms with E-state index in [0.717, 1.165) is 17.1 Å². The Hall–Kier alpha value is -2.47. The van der Waals surface area contributed by atoms with E-state index in [0.29, 0.717) is 5.56 Å². The summed E-state index contributed by atoms with van der Waals surface area (Å²) in [5.74, 6) is 0. The van der Waals surface area contributed by atoms with E-state index in [4.69, 9.17) is 5.26 Å². The Labute approximate surface area is 126 Å². The van der Waals surface area contributed by atoms with E-state index in [9.17, 15) is 17.2 Å². The number of hydrogen-bond acceptors (Lipinski definition) is 4. The van der Waals surface area contributed by atoms with Gasteiger partial charge in [0.1, 0.15) is 17.5 Å². The molecule has 0 saturated carbocycles. The molecule has 1 aromatic carbocycles. The number of sulfonamides is 1. The molecule has 9 heteroatoms. The first kappa shape index (κ1) is 15.9. The minimum Gasteiger partial charge on any atom is -0.278 e. The first-order valence-electron chi connectivity index (χ1n) is 6.16. The van der Waals surface area contributed by atoms with Gasteiger partial charge in [-0.25, -0.2) is 17.2 Å². The summed E-state index contributed by atoms with van der Waals surface area (Å²) in [6.07, 6.45) is -0.645. The van der Waals surface area contributed by atoms with Crippen LogP contribution in [0.3, 0.4) is 0 Å². The topological polar surface area (TPSA) is 87.8 Å². The van der Waals surface area contributed by atoms with Crippen molar-refractivity contribution in [2.24, 2.45) is 0 Å². The Balaban J connectivity index is 2.31. The van der Waals surface area contributed by atoms with Gasteiger partial charge in [0, 0.05) is 6.20 Å². The molecule has 1 aromatic heterocycles. The lowest BCUT2D eigenvalue weighted by Crippen LogP contribution is -2.14. The van der Waals surface area contributed by atoms with Gasteiger partial charge in [0.15, 0.2) is 0 Å². The highest BCUT2D eigenvalue weighted by molar-refractivity contribution is 7.92. The smallest absolute Gasteiger partial charge is 0.265 e. The van der Waals surface area contributed by atoms with Crippen molar-refractivity contribution in [3.63, 3.8) is 0 Å². The predicted molar refractivity (Wildman–Crippen MR) is 74.9 cm³/mol. The van der Waals surface area contributed by atoms with E-state index < -0.39 is 23.0 Å². The van der Waals surface area contributed by atoms with Crippen molar-refractivity contribution in [1.82, 2.24) is 9.78 Å². The normalized spacial score (nSPS) is 11.4. The molecule has 0 aliphatic heterocycles. The van der Waals surface area contributed by atoms with Gasteiger partial charge in [-0.15, -0.1) is 0 Å². The van der Waals surface area contributed by atoms with Gasteiger partial charge in [0.05, 0.1) is 17.4 Å². The average molecular weight is 326 g/mol. The lowest BCUT2D eigenvalue weighted by Gasteiger charge is -2.09. The van der Waals surface area contributed by atoms with Crippen LogP contribution in [0.4, 0.5) is 14.5 Å². The summed E-state index contributed by atoms with van der Waals surface area (Å²) >= 11 is 0. The van der Waals surface area contributed by atoms with Crippen molar-refractivity contribution >= 4 is 15.7 Å². The molecule has 0 atom stereocenters. The standard InChI is InChI=1S/C13H12F2N4O2S/c1-9-3-2-4-12(11(9)5-16)18-22(20,21)10-6-17-19(7-10)8-13(14)15/h2-4,6-7,13,18H,8H2,1H3. The number of nitrogens with zero attached hydrogens (tertiary/aromatic N) is 3. The summed E-state index contributed by atoms with van der Waals surface area (Å²) in [6.45, 7) is 0.987. The van der Waals surface area contributed by atoms with Crippen LogP contribution >= 0.6 is 0 Å². The third kappa shape index (κ3) is 3.40. The fourth-order valence-electron chi connectivity index (χ4n) is 1.83. The molecule has 0 bridgehead atoms. The summed E-state index contributed by atoms with van der Waals surface area (Å²) in [5.41, 5.74) is 0.950. The third-order valence-electron chi connectivity index (χ3n) is 2.87. The second-order valence-corrected chi connectivity index (χ2v) is 6.19. The lowest BCUT2D eigenvalue weighted by atomic mass is 10.1. The van der Waals surface area contributed by atoms with Crippen LogP contribution in [0.1, 0.15) is 11.1 Å². The van der Waals surface area contributed by atoms with Crippen LogP contribution in [0.25, 0.3) is 0 Å². The molecular weight excluding hydrogens is 314 g/mol. The fraction of sp³-hybridized carbons (Fsp3) is 0.231. The Bertz CT molecular complexity index is 825. The number of aryl methyl sites for hydroxylation is 1. The van der Waals surface area contributed by atoms with Gasteiger partial charge in [-0.05, 0) is 18.6 Å². The fourth-order valence-corrected chi connectivity index (χ4v) is 2.85. The maximum absolute atomic E-state index is 12.3. The number of anilines is 1. The Kier molecular flexibility index (Phi) is 4.42. The van der Waals surface area contributed by atoms with Crippen molar-refractivity contribution in [3.8, 4) is 6.07 Å². The van der Waals surface area contributed by atoms with Gasteiger partial charge in [0.2, 0.25) is 0 Å². The highest BCUT2D eigenvalue weighted by atomic mass is 32.2. The number of benzene rings is 1. The van der Waals surface area contributed by atoms with E-state index in [1.165, 1.54) is 6.07 Å². The van der Waals surface area contributed by atoms with Crippen LogP contribution in [-0.2, 0) is 16.6 Å². The van der Waals surface area contributed by atoms with Gasteiger partial charge >= 0.3 is 0 Å². The second kappa shape index (κ2) is 6.11. The first-order chi connectivity index (χ1) is 10.3. The molecule has 2 rings (SSSR count). The van der Waals surface area contributed by atoms with Gasteiger partial charge in [-0.2, -0.15) is 10.4 Å². The molecule has 0 spiro atoms. The summed E-state index contributed by atoms with van der Waals surface area (Å²) in [4.78, 5) is -0.251. The molecule has 0 aliphatic rings. The van der Waals surface area contributed by atoms with E-state index >= 15 is 0 Å². The average Bonchev–Trinajstić information content (AvgIpc) is 2.87. The summed E-state index contributed by atoms with van der Waals surface area (Å²) in [5, 5.41) is 12.7. The lowest BCUT2D eigenvalue weighted by molar-refractivity contribution is 0.121. The molecule has 116 valence electrons. The maximum Gasteiger partial charge on any atom is 0.265 e. The molecule has 0 unspecified atom stereocenters. The first-order valence-corrected chi connectivity index (χ1v) is 7.65. The highest BCUT2D eigenvalue weighted by Gasteiger charge is 2.19. The van der Waals surface area contributed by atoms with E-state index in [1.807, 2.05) is 6.07 Å². The molecule has 0 aliphatic carbocycles. The number of alkyl halides is 2. The number of hydrogen-bond donors (Lipinski definition) is 1. The van der Waals surface area contributed by atoms with Crippen LogP contribution in [0.5, 0.6) is 0 Å². The van der Waals surface area contributed by atoms with Crippen LogP contribution in [-0.4, -0.2) is 24.6 Å². The minimum atomic E-state index is -4.01. The number of halogens is 2. The minimum absolute atomic E-state index is 0.129. The Morgan fingerprint density at radius 3 is 2.82 bits per heavy atom. The zero-order valence-electron chi connectivity index (χ0n) is 11.5. The van der Waals surface area contributed by atoms with Crippen molar-refractivity contribution in [1.29, 1.82) is 5.26 Å². The number of nitriles is 1. The Morgan fingerprint density at radius 1 is 1.45 bits per heavy atom. The van der Waals surface area contributed by atoms with E-state index in [2.05, 4.69) is 9.82 Å². The van der Waals surface area contributed by atoms with Crippen LogP contribution in [0.15, 0.2) is 35.5 Å². The van der Waals surface area contributed by atoms with Crippen LogP contribution < -0.4 is 4.72 Å². The molecule has 6 nitrogen and oxygen atoms in total. The molecule has 1 N–H and O–H groups in total. The molecule has 22 heavy (non-hydrogen) atoms. The molecule has 0 fully saturated rings. The summed E-state index contributed by atoms with van der Waals surface area (Å²) in [7, 11) is -4.01. The van der Waals surface area contributed by atoms with Crippen molar-refractivity contribution < 1.29 is 17.2 Å². The molecule has 0 saturated heterocycles. The number of nitrogens with one attached hydrogen (secondary N) is 1. The van der Waals surface area contributed by atoms with Crippen molar-refractivity contribution in [2.45, 2.75) is 24.8 Å². The number of rotatable bonds is 5. The van der Waals surface area contributed by atoms with Gasteiger partial charge in [-0.3, -0.25) is 9.40 Å². The van der Waals surface area contributed by atoms with E-state index in [1.54, 1.807) is 19.1 Å². The van der Waals surface area contributed by atoms with Crippen molar-refractivity contribution in [2.75, 3.05) is 4.72 Å². The summed E-state index contributed by atoms with van der Waals surface area (Å²) in [6, 6.07) is 6.66. The zero-order chi connectivity index (χ0) is 16.3. The number of aromatic nitrogens is 2. The molecule has 1 heterocycles. The molecule has 2 aromatic rings. The monoisotopic (exact) mass is 326 g/mol. The second-order valence-electron chi connectivity index (χ2n) is 4.50. The van der Waals surface area contributed by atoms with Crippen LogP contribution in [0.2, 0.25) is 0 Å². The molecule has 0 amide bonds. The highest BCUT2D eigenvalue weighted by Crippen LogP contribution is 2.22. The maximum atomic E-state index is 12.3. The van der Waals surface area contributed by atoms with E-state index in [-0.39, 0.29) is 16.1 Å². The largest absolute Gasteiger partial charge is 0.278 e. The van der Waals surface area contributed by atoms with Gasteiger partial charge in [-0.1, -0.05) is 12.1 Å². The summed E-state index contributed by atoms with van der Waals surface area (Å²) < 4.78 is 52.1.